The molecule has 0 amide bonds. The third-order valence-corrected chi connectivity index (χ3v) is 5.54. The van der Waals surface area contributed by atoms with Crippen LogP contribution in [0.3, 0.4) is 0 Å². The fourth-order valence-corrected chi connectivity index (χ4v) is 3.72. The van der Waals surface area contributed by atoms with Gasteiger partial charge in [0.1, 0.15) is 6.33 Å². The number of methoxy groups -OCH3 is 2. The van der Waals surface area contributed by atoms with E-state index in [1.807, 2.05) is 12.1 Å². The molecule has 0 fully saturated rings. The highest BCUT2D eigenvalue weighted by molar-refractivity contribution is 5.93. The number of esters is 2. The molecule has 0 spiro atoms. The minimum Gasteiger partial charge on any atom is -0.465 e. The van der Waals surface area contributed by atoms with Gasteiger partial charge in [-0.3, -0.25) is 9.97 Å². The van der Waals surface area contributed by atoms with Crippen LogP contribution in [0.1, 0.15) is 20.7 Å². The van der Waals surface area contributed by atoms with Crippen LogP contribution < -0.4 is 0 Å². The number of pyridine rings is 4. The Balaban J connectivity index is 1.63. The highest BCUT2D eigenvalue weighted by atomic mass is 16.5. The zero-order valence-electron chi connectivity index (χ0n) is 20.4. The molecule has 0 N–H and O–H groups in total. The maximum atomic E-state index is 12.4. The molecular formula is C28H20N6O4. The highest BCUT2D eigenvalue weighted by Gasteiger charge is 2.17. The van der Waals surface area contributed by atoms with E-state index in [4.69, 9.17) is 9.47 Å². The molecule has 0 atom stereocenters. The van der Waals surface area contributed by atoms with Crippen LogP contribution in [0.2, 0.25) is 0 Å². The predicted octanol–water partition coefficient (Wildman–Crippen LogP) is 4.30. The first-order valence-corrected chi connectivity index (χ1v) is 11.4. The Labute approximate surface area is 217 Å². The third-order valence-electron chi connectivity index (χ3n) is 5.54. The molecule has 0 aliphatic rings. The highest BCUT2D eigenvalue weighted by Crippen LogP contribution is 2.27. The number of nitrogens with zero attached hydrogens (tertiary/aromatic N) is 6. The van der Waals surface area contributed by atoms with Gasteiger partial charge in [0.25, 0.3) is 0 Å². The average Bonchev–Trinajstić information content (AvgIpc) is 3.00. The summed E-state index contributed by atoms with van der Waals surface area (Å²) in [4.78, 5) is 51.6. The van der Waals surface area contributed by atoms with Crippen molar-refractivity contribution in [2.75, 3.05) is 14.2 Å². The zero-order chi connectivity index (χ0) is 26.5. The molecule has 38 heavy (non-hydrogen) atoms. The molecule has 5 aromatic rings. The number of carbonyl (C=O) groups excluding carboxylic acids is 2. The summed E-state index contributed by atoms with van der Waals surface area (Å²) in [6.07, 6.45) is 4.65. The van der Waals surface area contributed by atoms with Crippen molar-refractivity contribution in [2.24, 2.45) is 0 Å². The van der Waals surface area contributed by atoms with Gasteiger partial charge in [0.15, 0.2) is 0 Å². The topological polar surface area (TPSA) is 130 Å². The van der Waals surface area contributed by atoms with Crippen LogP contribution in [-0.4, -0.2) is 56.1 Å². The zero-order valence-corrected chi connectivity index (χ0v) is 20.4. The number of carbonyl (C=O) groups is 2. The molecule has 0 unspecified atom stereocenters. The van der Waals surface area contributed by atoms with Gasteiger partial charge in [-0.05, 0) is 54.6 Å². The quantitative estimate of drug-likeness (QED) is 0.309. The van der Waals surface area contributed by atoms with Crippen molar-refractivity contribution in [1.82, 2.24) is 29.9 Å². The van der Waals surface area contributed by atoms with Crippen molar-refractivity contribution in [3.8, 4) is 45.6 Å². The molecule has 5 aromatic heterocycles. The molecule has 0 aromatic carbocycles. The van der Waals surface area contributed by atoms with E-state index in [-0.39, 0.29) is 0 Å². The molecule has 0 aliphatic carbocycles. The minimum atomic E-state index is -0.521. The monoisotopic (exact) mass is 504 g/mol. The fourth-order valence-electron chi connectivity index (χ4n) is 3.72. The predicted molar refractivity (Wildman–Crippen MR) is 138 cm³/mol. The molecule has 0 saturated carbocycles. The van der Waals surface area contributed by atoms with Crippen LogP contribution in [-0.2, 0) is 9.47 Å². The van der Waals surface area contributed by atoms with Gasteiger partial charge in [0.05, 0.1) is 70.9 Å². The SMILES string of the molecule is COC(=O)c1cc(-c2ccccn2)nc(-c2cc(-c3cc(C(=O)OC)cc(-c4ccccn4)n3)ncn2)c1. The maximum absolute atomic E-state index is 12.4. The van der Waals surface area contributed by atoms with Gasteiger partial charge in [-0.1, -0.05) is 12.1 Å². The van der Waals surface area contributed by atoms with Crippen LogP contribution in [0.5, 0.6) is 0 Å². The molecule has 0 bridgehead atoms. The second-order valence-electron chi connectivity index (χ2n) is 7.95. The Morgan fingerprint density at radius 2 is 0.947 bits per heavy atom. The maximum Gasteiger partial charge on any atom is 0.338 e. The summed E-state index contributed by atoms with van der Waals surface area (Å²) in [6.45, 7) is 0. The van der Waals surface area contributed by atoms with Crippen molar-refractivity contribution < 1.29 is 19.1 Å². The molecule has 10 heteroatoms. The number of rotatable bonds is 6. The normalized spacial score (nSPS) is 10.6. The van der Waals surface area contributed by atoms with Crippen LogP contribution in [0.4, 0.5) is 0 Å². The van der Waals surface area contributed by atoms with E-state index in [9.17, 15) is 9.59 Å². The van der Waals surface area contributed by atoms with Gasteiger partial charge in [0.2, 0.25) is 0 Å². The smallest absolute Gasteiger partial charge is 0.338 e. The summed E-state index contributed by atoms with van der Waals surface area (Å²) in [6, 6.07) is 18.9. The number of aromatic nitrogens is 6. The Bertz CT molecular complexity index is 1510. The first kappa shape index (κ1) is 24.3. The standard InChI is InChI=1S/C28H20N6O4/c1-37-27(35)17-11-23(19-7-3-5-9-29-19)33-25(13-17)21-15-22(32-16-31-21)26-14-18(28(36)38-2)12-24(34-26)20-8-4-6-10-30-20/h3-16H,1-2H3. The lowest BCUT2D eigenvalue weighted by molar-refractivity contribution is 0.0592. The Kier molecular flexibility index (Phi) is 6.85. The lowest BCUT2D eigenvalue weighted by Gasteiger charge is -2.10. The summed E-state index contributed by atoms with van der Waals surface area (Å²) in [7, 11) is 2.62. The van der Waals surface area contributed by atoms with Crippen molar-refractivity contribution >= 4 is 11.9 Å². The second kappa shape index (κ2) is 10.7. The Morgan fingerprint density at radius 1 is 0.526 bits per heavy atom. The van der Waals surface area contributed by atoms with E-state index in [1.165, 1.54) is 20.5 Å². The van der Waals surface area contributed by atoms with E-state index in [0.717, 1.165) is 0 Å². The van der Waals surface area contributed by atoms with E-state index in [1.54, 1.807) is 67.0 Å². The van der Waals surface area contributed by atoms with Crippen molar-refractivity contribution in [2.45, 2.75) is 0 Å². The van der Waals surface area contributed by atoms with E-state index >= 15 is 0 Å². The number of ether oxygens (including phenoxy) is 2. The third kappa shape index (κ3) is 5.09. The van der Waals surface area contributed by atoms with E-state index in [2.05, 4.69) is 29.9 Å². The molecule has 0 saturated heterocycles. The molecular weight excluding hydrogens is 484 g/mol. The van der Waals surface area contributed by atoms with Gasteiger partial charge in [-0.2, -0.15) is 0 Å². The molecule has 0 aliphatic heterocycles. The Hall–Kier alpha value is -5.38. The van der Waals surface area contributed by atoms with Crippen LogP contribution in [0.25, 0.3) is 45.6 Å². The average molecular weight is 505 g/mol. The first-order chi connectivity index (χ1) is 18.6. The van der Waals surface area contributed by atoms with Crippen molar-refractivity contribution in [1.29, 1.82) is 0 Å². The molecule has 5 heterocycles. The van der Waals surface area contributed by atoms with E-state index < -0.39 is 11.9 Å². The summed E-state index contributed by atoms with van der Waals surface area (Å²) >= 11 is 0. The summed E-state index contributed by atoms with van der Waals surface area (Å²) in [5, 5.41) is 0. The van der Waals surface area contributed by atoms with Gasteiger partial charge in [0, 0.05) is 12.4 Å². The number of hydrogen-bond acceptors (Lipinski definition) is 10. The van der Waals surface area contributed by atoms with Gasteiger partial charge < -0.3 is 9.47 Å². The summed E-state index contributed by atoms with van der Waals surface area (Å²) < 4.78 is 9.87. The van der Waals surface area contributed by atoms with E-state index in [0.29, 0.717) is 56.7 Å². The Morgan fingerprint density at radius 3 is 1.32 bits per heavy atom. The fraction of sp³-hybridized carbons (Fsp3) is 0.0714. The molecule has 186 valence electrons. The van der Waals surface area contributed by atoms with Crippen LogP contribution in [0.15, 0.2) is 85.5 Å². The van der Waals surface area contributed by atoms with Gasteiger partial charge >= 0.3 is 11.9 Å². The largest absolute Gasteiger partial charge is 0.465 e. The van der Waals surface area contributed by atoms with Gasteiger partial charge in [-0.25, -0.2) is 29.5 Å². The molecule has 5 rings (SSSR count). The van der Waals surface area contributed by atoms with Crippen molar-refractivity contribution in [3.63, 3.8) is 0 Å². The minimum absolute atomic E-state index is 0.293. The van der Waals surface area contributed by atoms with Gasteiger partial charge in [-0.15, -0.1) is 0 Å². The number of hydrogen-bond donors (Lipinski definition) is 0. The van der Waals surface area contributed by atoms with Crippen LogP contribution >= 0.6 is 0 Å². The summed E-state index contributed by atoms with van der Waals surface area (Å²) in [5.74, 6) is -1.04. The van der Waals surface area contributed by atoms with Crippen molar-refractivity contribution in [3.05, 3.63) is 96.6 Å². The summed E-state index contributed by atoms with van der Waals surface area (Å²) in [5.41, 5.74) is 4.40. The first-order valence-electron chi connectivity index (χ1n) is 11.4. The lowest BCUT2D eigenvalue weighted by atomic mass is 10.1. The molecule has 0 radical (unpaired) electrons. The molecule has 10 nitrogen and oxygen atoms in total. The second-order valence-corrected chi connectivity index (χ2v) is 7.95. The lowest BCUT2D eigenvalue weighted by Crippen LogP contribution is -2.05. The van der Waals surface area contributed by atoms with Crippen LogP contribution in [0, 0.1) is 0 Å².